The van der Waals surface area contributed by atoms with Crippen LogP contribution < -0.4 is 4.74 Å². The molecule has 2 aliphatic carbocycles. The monoisotopic (exact) mass is 490 g/mol. The Morgan fingerprint density at radius 2 is 1.37 bits per heavy atom. The molecule has 35 heavy (non-hydrogen) atoms. The summed E-state index contributed by atoms with van der Waals surface area (Å²) in [5.74, 6) is 0.0564. The number of alkyl halides is 2. The Hall–Kier alpha value is -2.08. The lowest BCUT2D eigenvalue weighted by Gasteiger charge is -2.39. The lowest BCUT2D eigenvalue weighted by atomic mass is 9.69. The first-order valence-electron chi connectivity index (χ1n) is 13.1. The van der Waals surface area contributed by atoms with Crippen molar-refractivity contribution < 1.29 is 27.0 Å². The standard InChI is InChI=1S/C29H34F4O2/c1-2-18-3-5-19(6-4-18)20-7-11-23(12-8-20)29(32,33)35-24-13-9-21(10-14-24)22-15-25(30)28(26(31)16-22)27-17-34-27/h9-10,13-16,18-20,23,27H,2-8,11-12,17H2,1H3. The Morgan fingerprint density at radius 1 is 0.829 bits per heavy atom. The molecule has 6 heteroatoms. The highest BCUT2D eigenvalue weighted by molar-refractivity contribution is 5.65. The summed E-state index contributed by atoms with van der Waals surface area (Å²) >= 11 is 0. The Labute approximate surface area is 205 Å². The third-order valence-electron chi connectivity index (χ3n) is 8.56. The predicted octanol–water partition coefficient (Wildman–Crippen LogP) is 8.70. The topological polar surface area (TPSA) is 21.8 Å². The first-order chi connectivity index (χ1) is 16.8. The van der Waals surface area contributed by atoms with Gasteiger partial charge in [0, 0.05) is 0 Å². The number of rotatable bonds is 7. The molecule has 0 aromatic heterocycles. The van der Waals surface area contributed by atoms with E-state index in [0.29, 0.717) is 42.4 Å². The average molecular weight is 491 g/mol. The molecule has 0 spiro atoms. The van der Waals surface area contributed by atoms with Gasteiger partial charge in [0.2, 0.25) is 0 Å². The maximum Gasteiger partial charge on any atom is 0.400 e. The molecule has 1 aliphatic heterocycles. The maximum atomic E-state index is 15.0. The van der Waals surface area contributed by atoms with Crippen molar-refractivity contribution in [1.82, 2.24) is 0 Å². The van der Waals surface area contributed by atoms with E-state index in [9.17, 15) is 17.6 Å². The summed E-state index contributed by atoms with van der Waals surface area (Å²) in [7, 11) is 0. The molecule has 1 unspecified atom stereocenters. The van der Waals surface area contributed by atoms with Crippen LogP contribution in [0.4, 0.5) is 17.6 Å². The molecule has 3 aliphatic rings. The summed E-state index contributed by atoms with van der Waals surface area (Å²) in [6.45, 7) is 2.57. The molecular weight excluding hydrogens is 456 g/mol. The summed E-state index contributed by atoms with van der Waals surface area (Å²) in [4.78, 5) is 0. The second-order valence-corrected chi connectivity index (χ2v) is 10.7. The fourth-order valence-corrected chi connectivity index (χ4v) is 6.22. The van der Waals surface area contributed by atoms with Crippen LogP contribution in [0.3, 0.4) is 0 Å². The van der Waals surface area contributed by atoms with Gasteiger partial charge in [0.05, 0.1) is 18.1 Å². The summed E-state index contributed by atoms with van der Waals surface area (Å²) in [6.07, 6.45) is 5.23. The molecule has 0 radical (unpaired) electrons. The highest BCUT2D eigenvalue weighted by Gasteiger charge is 2.45. The predicted molar refractivity (Wildman–Crippen MR) is 127 cm³/mol. The minimum Gasteiger partial charge on any atom is -0.432 e. The Balaban J connectivity index is 1.17. The number of ether oxygens (including phenoxy) is 2. The van der Waals surface area contributed by atoms with Gasteiger partial charge in [-0.25, -0.2) is 8.78 Å². The van der Waals surface area contributed by atoms with Crippen LogP contribution in [0.2, 0.25) is 0 Å². The zero-order valence-corrected chi connectivity index (χ0v) is 20.3. The normalized spacial score (nSPS) is 29.1. The Morgan fingerprint density at radius 3 is 1.89 bits per heavy atom. The van der Waals surface area contributed by atoms with Crippen molar-refractivity contribution in [3.05, 3.63) is 53.6 Å². The van der Waals surface area contributed by atoms with Crippen LogP contribution in [-0.4, -0.2) is 12.7 Å². The number of epoxide rings is 1. The van der Waals surface area contributed by atoms with Gasteiger partial charge in [0.1, 0.15) is 23.5 Å². The van der Waals surface area contributed by atoms with Crippen LogP contribution in [0.5, 0.6) is 5.75 Å². The summed E-state index contributed by atoms with van der Waals surface area (Å²) < 4.78 is 68.8. The minimum absolute atomic E-state index is 0.0581. The van der Waals surface area contributed by atoms with Gasteiger partial charge in [0.25, 0.3) is 0 Å². The van der Waals surface area contributed by atoms with Crippen molar-refractivity contribution in [2.45, 2.75) is 76.9 Å². The Kier molecular flexibility index (Phi) is 7.11. The van der Waals surface area contributed by atoms with Crippen molar-refractivity contribution in [3.8, 4) is 16.9 Å². The number of halogens is 4. The molecule has 2 aromatic carbocycles. The molecule has 0 N–H and O–H groups in total. The van der Waals surface area contributed by atoms with Crippen LogP contribution in [-0.2, 0) is 4.74 Å². The molecule has 2 aromatic rings. The van der Waals surface area contributed by atoms with Crippen molar-refractivity contribution in [3.63, 3.8) is 0 Å². The van der Waals surface area contributed by atoms with E-state index >= 15 is 0 Å². The van der Waals surface area contributed by atoms with E-state index in [1.54, 1.807) is 12.1 Å². The number of hydrogen-bond acceptors (Lipinski definition) is 2. The van der Waals surface area contributed by atoms with Crippen molar-refractivity contribution in [2.24, 2.45) is 23.7 Å². The molecule has 3 fully saturated rings. The van der Waals surface area contributed by atoms with Crippen LogP contribution in [0.1, 0.15) is 76.4 Å². The SMILES string of the molecule is CCC1CCC(C2CCC(C(F)(F)Oc3ccc(-c4cc(F)c(C5CO5)c(F)c4)cc3)CC2)CC1. The third-order valence-corrected chi connectivity index (χ3v) is 8.56. The summed E-state index contributed by atoms with van der Waals surface area (Å²) in [5.41, 5.74) is 0.811. The molecule has 190 valence electrons. The summed E-state index contributed by atoms with van der Waals surface area (Å²) in [6, 6.07) is 8.48. The van der Waals surface area contributed by atoms with Gasteiger partial charge in [-0.3, -0.25) is 0 Å². The van der Waals surface area contributed by atoms with Crippen LogP contribution in [0, 0.1) is 35.3 Å². The lowest BCUT2D eigenvalue weighted by molar-refractivity contribution is -0.224. The van der Waals surface area contributed by atoms with Gasteiger partial charge in [0.15, 0.2) is 0 Å². The van der Waals surface area contributed by atoms with Crippen LogP contribution >= 0.6 is 0 Å². The molecule has 5 rings (SSSR count). The van der Waals surface area contributed by atoms with E-state index in [1.807, 2.05) is 0 Å². The largest absolute Gasteiger partial charge is 0.432 e. The van der Waals surface area contributed by atoms with Crippen molar-refractivity contribution in [2.75, 3.05) is 6.61 Å². The number of hydrogen-bond donors (Lipinski definition) is 0. The van der Waals surface area contributed by atoms with Crippen LogP contribution in [0.15, 0.2) is 36.4 Å². The van der Waals surface area contributed by atoms with E-state index < -0.39 is 29.8 Å². The van der Waals surface area contributed by atoms with Gasteiger partial charge >= 0.3 is 6.11 Å². The second kappa shape index (κ2) is 10.1. The van der Waals surface area contributed by atoms with Crippen molar-refractivity contribution in [1.29, 1.82) is 0 Å². The van der Waals surface area contributed by atoms with Gasteiger partial charge in [-0.05, 0) is 91.7 Å². The smallest absolute Gasteiger partial charge is 0.400 e. The quantitative estimate of drug-likeness (QED) is 0.286. The van der Waals surface area contributed by atoms with Crippen molar-refractivity contribution >= 4 is 0 Å². The fraction of sp³-hybridized carbons (Fsp3) is 0.586. The molecule has 1 atom stereocenters. The van der Waals surface area contributed by atoms with E-state index in [4.69, 9.17) is 9.47 Å². The molecule has 1 saturated heterocycles. The Bertz CT molecular complexity index is 979. The fourth-order valence-electron chi connectivity index (χ4n) is 6.22. The van der Waals surface area contributed by atoms with E-state index in [1.165, 1.54) is 56.4 Å². The first kappa shape index (κ1) is 24.6. The second-order valence-electron chi connectivity index (χ2n) is 10.7. The molecule has 0 amide bonds. The third kappa shape index (κ3) is 5.52. The molecule has 2 nitrogen and oxygen atoms in total. The number of benzene rings is 2. The van der Waals surface area contributed by atoms with Gasteiger partial charge in [-0.1, -0.05) is 38.3 Å². The average Bonchev–Trinajstić information content (AvgIpc) is 3.69. The zero-order chi connectivity index (χ0) is 24.6. The molecular formula is C29H34F4O2. The molecule has 0 bridgehead atoms. The van der Waals surface area contributed by atoms with Gasteiger partial charge in [-0.2, -0.15) is 8.78 Å². The highest BCUT2D eigenvalue weighted by Crippen LogP contribution is 2.46. The van der Waals surface area contributed by atoms with E-state index in [2.05, 4.69) is 6.92 Å². The van der Waals surface area contributed by atoms with Crippen LogP contribution in [0.25, 0.3) is 11.1 Å². The van der Waals surface area contributed by atoms with Gasteiger partial charge in [-0.15, -0.1) is 0 Å². The molecule has 2 saturated carbocycles. The lowest BCUT2D eigenvalue weighted by Crippen LogP contribution is -2.38. The summed E-state index contributed by atoms with van der Waals surface area (Å²) in [5, 5.41) is 0. The highest BCUT2D eigenvalue weighted by atomic mass is 19.3. The maximum absolute atomic E-state index is 15.0. The molecule has 1 heterocycles. The zero-order valence-electron chi connectivity index (χ0n) is 20.3. The first-order valence-corrected chi connectivity index (χ1v) is 13.1. The van der Waals surface area contributed by atoms with E-state index in [-0.39, 0.29) is 11.3 Å². The minimum atomic E-state index is -3.24. The van der Waals surface area contributed by atoms with E-state index in [0.717, 1.165) is 18.8 Å². The van der Waals surface area contributed by atoms with Gasteiger partial charge < -0.3 is 9.47 Å².